The second-order valence-electron chi connectivity index (χ2n) is 6.50. The molecule has 0 unspecified atom stereocenters. The highest BCUT2D eigenvalue weighted by atomic mass is 19.1. The molecule has 1 aliphatic rings. The summed E-state index contributed by atoms with van der Waals surface area (Å²) in [6.07, 6.45) is 3.67. The molecule has 3 rings (SSSR count). The number of hydrogen-bond acceptors (Lipinski definition) is 3. The number of halogens is 1. The van der Waals surface area contributed by atoms with Crippen LogP contribution in [0.4, 0.5) is 4.39 Å². The Morgan fingerprint density at radius 1 is 1.28 bits per heavy atom. The summed E-state index contributed by atoms with van der Waals surface area (Å²) in [7, 11) is 0. The number of amides is 1. The largest absolute Gasteiger partial charge is 0.349 e. The number of fused-ring (bicyclic) bond motifs is 1. The number of aromatic nitrogens is 2. The van der Waals surface area contributed by atoms with Crippen LogP contribution in [0.5, 0.6) is 0 Å². The van der Waals surface area contributed by atoms with Crippen molar-refractivity contribution < 1.29 is 9.18 Å². The highest BCUT2D eigenvalue weighted by molar-refractivity contribution is 5.94. The van der Waals surface area contributed by atoms with Crippen LogP contribution >= 0.6 is 0 Å². The van der Waals surface area contributed by atoms with E-state index in [9.17, 15) is 9.18 Å². The van der Waals surface area contributed by atoms with Crippen molar-refractivity contribution in [1.82, 2.24) is 20.4 Å². The molecule has 25 heavy (non-hydrogen) atoms. The van der Waals surface area contributed by atoms with Crippen molar-refractivity contribution in [3.63, 3.8) is 0 Å². The highest BCUT2D eigenvalue weighted by Crippen LogP contribution is 2.28. The fourth-order valence-electron chi connectivity index (χ4n) is 3.25. The van der Waals surface area contributed by atoms with Crippen LogP contribution in [-0.4, -0.2) is 35.3 Å². The highest BCUT2D eigenvalue weighted by Gasteiger charge is 2.27. The first kappa shape index (κ1) is 17.6. The smallest absolute Gasteiger partial charge is 0.272 e. The average molecular weight is 344 g/mol. The Bertz CT molecular complexity index is 769. The molecule has 2 aromatic rings. The van der Waals surface area contributed by atoms with E-state index >= 15 is 0 Å². The predicted molar refractivity (Wildman–Crippen MR) is 95.8 cm³/mol. The number of nitrogens with zero attached hydrogens (tertiary/aromatic N) is 2. The Labute approximate surface area is 147 Å². The lowest BCUT2D eigenvalue weighted by molar-refractivity contribution is 0.0947. The SMILES string of the molecule is CCCNCCNC(=O)c1nn(-c2ccc(C)cc2F)c2c1CCC2. The summed E-state index contributed by atoms with van der Waals surface area (Å²) >= 11 is 0. The molecule has 6 heteroatoms. The van der Waals surface area contributed by atoms with E-state index < -0.39 is 0 Å². The van der Waals surface area contributed by atoms with E-state index in [1.54, 1.807) is 10.7 Å². The van der Waals surface area contributed by atoms with Crippen molar-refractivity contribution in [3.05, 3.63) is 46.5 Å². The van der Waals surface area contributed by atoms with Gasteiger partial charge in [-0.25, -0.2) is 9.07 Å². The van der Waals surface area contributed by atoms with E-state index in [0.29, 0.717) is 17.9 Å². The minimum atomic E-state index is -0.312. The first-order chi connectivity index (χ1) is 12.1. The van der Waals surface area contributed by atoms with Gasteiger partial charge in [0.25, 0.3) is 5.91 Å². The second kappa shape index (κ2) is 7.78. The summed E-state index contributed by atoms with van der Waals surface area (Å²) < 4.78 is 16.0. The molecular weight excluding hydrogens is 319 g/mol. The molecule has 5 nitrogen and oxygen atoms in total. The Morgan fingerprint density at radius 2 is 2.12 bits per heavy atom. The first-order valence-electron chi connectivity index (χ1n) is 8.98. The number of carbonyl (C=O) groups is 1. The zero-order valence-corrected chi connectivity index (χ0v) is 14.9. The maximum Gasteiger partial charge on any atom is 0.272 e. The first-order valence-corrected chi connectivity index (χ1v) is 8.98. The Morgan fingerprint density at radius 3 is 2.88 bits per heavy atom. The number of nitrogens with one attached hydrogen (secondary N) is 2. The van der Waals surface area contributed by atoms with Crippen LogP contribution in [0.15, 0.2) is 18.2 Å². The molecule has 1 heterocycles. The Kier molecular flexibility index (Phi) is 5.48. The molecule has 0 spiro atoms. The molecule has 1 aromatic carbocycles. The van der Waals surface area contributed by atoms with Crippen molar-refractivity contribution in [3.8, 4) is 5.69 Å². The van der Waals surface area contributed by atoms with Crippen LogP contribution < -0.4 is 10.6 Å². The van der Waals surface area contributed by atoms with Gasteiger partial charge in [0.1, 0.15) is 11.5 Å². The van der Waals surface area contributed by atoms with Gasteiger partial charge in [-0.1, -0.05) is 13.0 Å². The van der Waals surface area contributed by atoms with Crippen LogP contribution in [0.1, 0.15) is 47.1 Å². The van der Waals surface area contributed by atoms with Crippen molar-refractivity contribution in [2.24, 2.45) is 0 Å². The molecule has 1 aliphatic carbocycles. The zero-order chi connectivity index (χ0) is 17.8. The molecule has 0 aliphatic heterocycles. The molecular formula is C19H25FN4O. The molecule has 0 saturated heterocycles. The predicted octanol–water partition coefficient (Wildman–Crippen LogP) is 2.54. The van der Waals surface area contributed by atoms with Gasteiger partial charge < -0.3 is 10.6 Å². The molecule has 0 atom stereocenters. The van der Waals surface area contributed by atoms with Gasteiger partial charge in [-0.3, -0.25) is 4.79 Å². The lowest BCUT2D eigenvalue weighted by Gasteiger charge is -2.07. The van der Waals surface area contributed by atoms with E-state index in [2.05, 4.69) is 22.7 Å². The molecule has 0 fully saturated rings. The van der Waals surface area contributed by atoms with E-state index in [4.69, 9.17) is 0 Å². The lowest BCUT2D eigenvalue weighted by atomic mass is 10.2. The van der Waals surface area contributed by atoms with Gasteiger partial charge in [-0.2, -0.15) is 5.10 Å². The minimum absolute atomic E-state index is 0.178. The normalized spacial score (nSPS) is 13.1. The number of carbonyl (C=O) groups excluding carboxylic acids is 1. The monoisotopic (exact) mass is 344 g/mol. The molecule has 1 aromatic heterocycles. The van der Waals surface area contributed by atoms with Crippen LogP contribution in [0.3, 0.4) is 0 Å². The number of hydrogen-bond donors (Lipinski definition) is 2. The van der Waals surface area contributed by atoms with Crippen LogP contribution in [0.25, 0.3) is 5.69 Å². The summed E-state index contributed by atoms with van der Waals surface area (Å²) in [5.41, 5.74) is 3.62. The van der Waals surface area contributed by atoms with Crippen molar-refractivity contribution in [2.75, 3.05) is 19.6 Å². The average Bonchev–Trinajstić information content (AvgIpc) is 3.17. The number of benzene rings is 1. The van der Waals surface area contributed by atoms with E-state index in [0.717, 1.165) is 55.6 Å². The maximum atomic E-state index is 14.4. The molecule has 1 amide bonds. The molecule has 2 N–H and O–H groups in total. The topological polar surface area (TPSA) is 58.9 Å². The summed E-state index contributed by atoms with van der Waals surface area (Å²) in [6.45, 7) is 6.18. The fourth-order valence-corrected chi connectivity index (χ4v) is 3.25. The van der Waals surface area contributed by atoms with Crippen LogP contribution in [-0.2, 0) is 12.8 Å². The van der Waals surface area contributed by atoms with E-state index in [-0.39, 0.29) is 11.7 Å². The third-order valence-corrected chi connectivity index (χ3v) is 4.49. The van der Waals surface area contributed by atoms with Crippen LogP contribution in [0, 0.1) is 12.7 Å². The van der Waals surface area contributed by atoms with E-state index in [1.165, 1.54) is 6.07 Å². The fraction of sp³-hybridized carbons (Fsp3) is 0.474. The van der Waals surface area contributed by atoms with Gasteiger partial charge >= 0.3 is 0 Å². The van der Waals surface area contributed by atoms with Gasteiger partial charge in [0, 0.05) is 24.3 Å². The zero-order valence-electron chi connectivity index (χ0n) is 14.9. The summed E-state index contributed by atoms with van der Waals surface area (Å²) in [5.74, 6) is -0.490. The summed E-state index contributed by atoms with van der Waals surface area (Å²) in [4.78, 5) is 12.5. The molecule has 0 bridgehead atoms. The van der Waals surface area contributed by atoms with Gasteiger partial charge in [0.15, 0.2) is 5.69 Å². The van der Waals surface area contributed by atoms with Crippen LogP contribution in [0.2, 0.25) is 0 Å². The van der Waals surface area contributed by atoms with Gasteiger partial charge in [-0.15, -0.1) is 0 Å². The lowest BCUT2D eigenvalue weighted by Crippen LogP contribution is -2.32. The second-order valence-corrected chi connectivity index (χ2v) is 6.50. The van der Waals surface area contributed by atoms with Gasteiger partial charge in [-0.05, 0) is 56.8 Å². The van der Waals surface area contributed by atoms with Crippen molar-refractivity contribution in [1.29, 1.82) is 0 Å². The van der Waals surface area contributed by atoms with Gasteiger partial charge in [0.2, 0.25) is 0 Å². The standard InChI is InChI=1S/C19H25FN4O/c1-3-9-21-10-11-22-19(25)18-14-5-4-6-16(14)24(23-18)17-8-7-13(2)12-15(17)20/h7-8,12,21H,3-6,9-11H2,1-2H3,(H,22,25). The summed E-state index contributed by atoms with van der Waals surface area (Å²) in [6, 6.07) is 5.09. The number of rotatable bonds is 7. The molecule has 134 valence electrons. The van der Waals surface area contributed by atoms with Crippen molar-refractivity contribution >= 4 is 5.91 Å². The molecule has 0 radical (unpaired) electrons. The summed E-state index contributed by atoms with van der Waals surface area (Å²) in [5, 5.41) is 10.6. The maximum absolute atomic E-state index is 14.4. The van der Waals surface area contributed by atoms with E-state index in [1.807, 2.05) is 13.0 Å². The third kappa shape index (κ3) is 3.74. The Balaban J connectivity index is 1.81. The molecule has 0 saturated carbocycles. The van der Waals surface area contributed by atoms with Crippen molar-refractivity contribution in [2.45, 2.75) is 39.5 Å². The van der Waals surface area contributed by atoms with Gasteiger partial charge in [0.05, 0.1) is 0 Å². The quantitative estimate of drug-likeness (QED) is 0.759. The third-order valence-electron chi connectivity index (χ3n) is 4.49. The minimum Gasteiger partial charge on any atom is -0.349 e. The Hall–Kier alpha value is -2.21. The number of aryl methyl sites for hydroxylation is 1.